The minimum atomic E-state index is 0.827. The van der Waals surface area contributed by atoms with Crippen LogP contribution in [0.3, 0.4) is 0 Å². The molecule has 1 aromatic rings. The number of nitrogens with zero attached hydrogens (tertiary/aromatic N) is 2. The summed E-state index contributed by atoms with van der Waals surface area (Å²) in [5, 5.41) is 10.9. The first-order chi connectivity index (χ1) is 5.77. The first-order valence-corrected chi connectivity index (χ1v) is 4.21. The molecule has 0 saturated heterocycles. The molecule has 66 valence electrons. The highest BCUT2D eigenvalue weighted by molar-refractivity contribution is 5.41. The topological polar surface area (TPSA) is 30.2 Å². The van der Waals surface area contributed by atoms with E-state index < -0.39 is 0 Å². The number of hydrogen-bond acceptors (Lipinski definition) is 2. The number of hydrogen-bond donors (Lipinski definition) is 0. The molecule has 0 radical (unpaired) electrons. The molecular weight excluding hydrogens is 152 g/mol. The lowest BCUT2D eigenvalue weighted by molar-refractivity contribution is -0.604. The van der Waals surface area contributed by atoms with E-state index in [9.17, 15) is 5.21 Å². The minimum Gasteiger partial charge on any atom is -0.619 e. The molecule has 0 amide bonds. The van der Waals surface area contributed by atoms with Gasteiger partial charge in [-0.15, -0.1) is 0 Å². The molecule has 0 bridgehead atoms. The van der Waals surface area contributed by atoms with Crippen LogP contribution in [0, 0.1) is 5.21 Å². The summed E-state index contributed by atoms with van der Waals surface area (Å²) in [6.07, 6.45) is 3.08. The molecule has 0 saturated carbocycles. The first-order valence-electron chi connectivity index (χ1n) is 4.21. The Morgan fingerprint density at radius 3 is 2.58 bits per heavy atom. The lowest BCUT2D eigenvalue weighted by atomic mass is 10.3. The highest BCUT2D eigenvalue weighted by atomic mass is 16.5. The summed E-state index contributed by atoms with van der Waals surface area (Å²) in [4.78, 5) is 2.13. The van der Waals surface area contributed by atoms with Crippen LogP contribution in [0.5, 0.6) is 0 Å². The van der Waals surface area contributed by atoms with E-state index in [2.05, 4.69) is 18.7 Å². The molecule has 3 nitrogen and oxygen atoms in total. The van der Waals surface area contributed by atoms with Gasteiger partial charge in [-0.2, -0.15) is 4.73 Å². The van der Waals surface area contributed by atoms with Crippen LogP contribution in [0.4, 0.5) is 5.69 Å². The smallest absolute Gasteiger partial charge is 0.203 e. The summed E-state index contributed by atoms with van der Waals surface area (Å²) in [7, 11) is 0. The second-order valence-corrected chi connectivity index (χ2v) is 2.59. The minimum absolute atomic E-state index is 0.827. The Balaban J connectivity index is 2.85. The predicted octanol–water partition coefficient (Wildman–Crippen LogP) is 1.17. The molecule has 0 aromatic carbocycles. The van der Waals surface area contributed by atoms with Gasteiger partial charge in [-0.3, -0.25) is 0 Å². The van der Waals surface area contributed by atoms with Gasteiger partial charge in [0.05, 0.1) is 0 Å². The van der Waals surface area contributed by atoms with Crippen molar-refractivity contribution in [2.75, 3.05) is 18.0 Å². The number of anilines is 1. The standard InChI is InChI=1S/C9H14N2O/c1-3-10(4-2)9-6-5-7-11(12)8-9/h5-8H,3-4H2,1-2H3. The van der Waals surface area contributed by atoms with E-state index in [1.54, 1.807) is 12.3 Å². The van der Waals surface area contributed by atoms with Crippen molar-refractivity contribution in [3.63, 3.8) is 0 Å². The molecule has 1 rings (SSSR count). The van der Waals surface area contributed by atoms with Gasteiger partial charge in [0, 0.05) is 19.2 Å². The number of aromatic nitrogens is 1. The summed E-state index contributed by atoms with van der Waals surface area (Å²) in [5.74, 6) is 0. The maximum Gasteiger partial charge on any atom is 0.203 e. The second kappa shape index (κ2) is 3.95. The zero-order valence-corrected chi connectivity index (χ0v) is 7.53. The van der Waals surface area contributed by atoms with Gasteiger partial charge in [0.15, 0.2) is 6.20 Å². The van der Waals surface area contributed by atoms with E-state index >= 15 is 0 Å². The molecule has 0 aliphatic rings. The quantitative estimate of drug-likeness (QED) is 0.498. The predicted molar refractivity (Wildman–Crippen MR) is 49.0 cm³/mol. The monoisotopic (exact) mass is 166 g/mol. The highest BCUT2D eigenvalue weighted by Gasteiger charge is 2.03. The molecule has 1 aromatic heterocycles. The molecule has 12 heavy (non-hydrogen) atoms. The maximum atomic E-state index is 10.9. The first kappa shape index (κ1) is 8.84. The number of rotatable bonds is 3. The third-order valence-corrected chi connectivity index (χ3v) is 1.89. The van der Waals surface area contributed by atoms with Crippen molar-refractivity contribution in [3.8, 4) is 0 Å². The fourth-order valence-electron chi connectivity index (χ4n) is 1.22. The van der Waals surface area contributed by atoms with Gasteiger partial charge in [-0.1, -0.05) is 0 Å². The van der Waals surface area contributed by atoms with Crippen molar-refractivity contribution in [1.82, 2.24) is 0 Å². The Kier molecular flexibility index (Phi) is 2.91. The van der Waals surface area contributed by atoms with Crippen LogP contribution in [0.15, 0.2) is 24.5 Å². The molecule has 0 aliphatic heterocycles. The van der Waals surface area contributed by atoms with Gasteiger partial charge in [0.1, 0.15) is 5.69 Å². The molecule has 0 atom stereocenters. The Morgan fingerprint density at radius 2 is 2.08 bits per heavy atom. The van der Waals surface area contributed by atoms with Crippen LogP contribution >= 0.6 is 0 Å². The molecule has 0 unspecified atom stereocenters. The molecule has 0 aliphatic carbocycles. The summed E-state index contributed by atoms with van der Waals surface area (Å²) in [6, 6.07) is 3.71. The van der Waals surface area contributed by atoms with Crippen molar-refractivity contribution in [2.45, 2.75) is 13.8 Å². The zero-order chi connectivity index (χ0) is 8.97. The van der Waals surface area contributed by atoms with Crippen molar-refractivity contribution < 1.29 is 4.73 Å². The van der Waals surface area contributed by atoms with Gasteiger partial charge in [0.25, 0.3) is 0 Å². The molecule has 3 heteroatoms. The van der Waals surface area contributed by atoms with E-state index in [4.69, 9.17) is 0 Å². The lowest BCUT2D eigenvalue weighted by Crippen LogP contribution is -2.29. The van der Waals surface area contributed by atoms with Crippen LogP contribution in [0.2, 0.25) is 0 Å². The highest BCUT2D eigenvalue weighted by Crippen LogP contribution is 2.08. The summed E-state index contributed by atoms with van der Waals surface area (Å²) in [6.45, 7) is 6.01. The summed E-state index contributed by atoms with van der Waals surface area (Å²) >= 11 is 0. The summed E-state index contributed by atoms with van der Waals surface area (Å²) in [5.41, 5.74) is 0.984. The molecule has 1 heterocycles. The second-order valence-electron chi connectivity index (χ2n) is 2.59. The lowest BCUT2D eigenvalue weighted by Gasteiger charge is -2.19. The fraction of sp³-hybridized carbons (Fsp3) is 0.444. The maximum absolute atomic E-state index is 10.9. The van der Waals surface area contributed by atoms with E-state index in [1.165, 1.54) is 6.20 Å². The SMILES string of the molecule is CCN(CC)c1ccc[n+]([O-])c1. The van der Waals surface area contributed by atoms with Crippen molar-refractivity contribution in [3.05, 3.63) is 29.7 Å². The van der Waals surface area contributed by atoms with E-state index in [-0.39, 0.29) is 0 Å². The van der Waals surface area contributed by atoms with E-state index in [0.717, 1.165) is 23.5 Å². The van der Waals surface area contributed by atoms with Crippen molar-refractivity contribution in [2.24, 2.45) is 0 Å². The molecular formula is C9H14N2O. The zero-order valence-electron chi connectivity index (χ0n) is 7.53. The van der Waals surface area contributed by atoms with Crippen LogP contribution in [0.25, 0.3) is 0 Å². The Morgan fingerprint density at radius 1 is 1.42 bits per heavy atom. The van der Waals surface area contributed by atoms with Crippen molar-refractivity contribution >= 4 is 5.69 Å². The average molecular weight is 166 g/mol. The van der Waals surface area contributed by atoms with E-state index in [0.29, 0.717) is 0 Å². The van der Waals surface area contributed by atoms with Crippen LogP contribution in [-0.4, -0.2) is 13.1 Å². The molecule has 0 N–H and O–H groups in total. The van der Waals surface area contributed by atoms with Crippen LogP contribution < -0.4 is 9.63 Å². The molecule has 0 fully saturated rings. The van der Waals surface area contributed by atoms with Gasteiger partial charge >= 0.3 is 0 Å². The average Bonchev–Trinajstić information content (AvgIpc) is 2.07. The Hall–Kier alpha value is -1.25. The fourth-order valence-corrected chi connectivity index (χ4v) is 1.22. The number of pyridine rings is 1. The largest absolute Gasteiger partial charge is 0.619 e. The third kappa shape index (κ3) is 1.87. The van der Waals surface area contributed by atoms with Gasteiger partial charge in [0.2, 0.25) is 6.20 Å². The Bertz CT molecular complexity index is 246. The van der Waals surface area contributed by atoms with Gasteiger partial charge in [-0.05, 0) is 19.9 Å². The third-order valence-electron chi connectivity index (χ3n) is 1.89. The van der Waals surface area contributed by atoms with Crippen LogP contribution in [0.1, 0.15) is 13.8 Å². The van der Waals surface area contributed by atoms with Gasteiger partial charge < -0.3 is 10.1 Å². The Labute approximate surface area is 72.8 Å². The van der Waals surface area contributed by atoms with Crippen molar-refractivity contribution in [1.29, 1.82) is 0 Å². The van der Waals surface area contributed by atoms with E-state index in [1.807, 2.05) is 6.07 Å². The van der Waals surface area contributed by atoms with Crippen LogP contribution in [-0.2, 0) is 0 Å². The van der Waals surface area contributed by atoms with Gasteiger partial charge in [-0.25, -0.2) is 0 Å². The molecule has 0 spiro atoms. The normalized spacial score (nSPS) is 9.83. The summed E-state index contributed by atoms with van der Waals surface area (Å²) < 4.78 is 0.827.